The largest absolute Gasteiger partial charge is 0.353 e. The zero-order chi connectivity index (χ0) is 21.1. The lowest BCUT2D eigenvalue weighted by Gasteiger charge is -2.37. The van der Waals surface area contributed by atoms with E-state index < -0.39 is 0 Å². The summed E-state index contributed by atoms with van der Waals surface area (Å²) >= 11 is 0. The first-order valence-corrected chi connectivity index (χ1v) is 10.7. The zero-order valence-electron chi connectivity index (χ0n) is 18.7. The molecule has 0 saturated carbocycles. The van der Waals surface area contributed by atoms with Crippen LogP contribution in [0.25, 0.3) is 0 Å². The van der Waals surface area contributed by atoms with E-state index in [9.17, 15) is 4.79 Å². The molecule has 0 unspecified atom stereocenters. The number of anilines is 1. The van der Waals surface area contributed by atoms with Crippen molar-refractivity contribution in [3.63, 3.8) is 0 Å². The Hall–Kier alpha value is -2.43. The highest BCUT2D eigenvalue weighted by Crippen LogP contribution is 2.27. The standard InChI is InChI=1S/C24H34N4O/c1-16(2)22-25-19(6)21(15-20-9-7-8-18(5)14-20)23(26-22)27-10-12-28(13-11-27)24(29)17(3)4/h7-9,14,16-17H,10-13,15H2,1-6H3. The summed E-state index contributed by atoms with van der Waals surface area (Å²) in [5.74, 6) is 2.51. The van der Waals surface area contributed by atoms with Crippen LogP contribution in [0.3, 0.4) is 0 Å². The smallest absolute Gasteiger partial charge is 0.225 e. The molecule has 1 fully saturated rings. The van der Waals surface area contributed by atoms with Gasteiger partial charge in [0.2, 0.25) is 5.91 Å². The third kappa shape index (κ3) is 4.95. The molecule has 0 bridgehead atoms. The van der Waals surface area contributed by atoms with E-state index in [2.05, 4.69) is 56.9 Å². The normalized spacial score (nSPS) is 14.8. The van der Waals surface area contributed by atoms with Crippen molar-refractivity contribution in [1.29, 1.82) is 0 Å². The Balaban J connectivity index is 1.91. The summed E-state index contributed by atoms with van der Waals surface area (Å²) in [6, 6.07) is 8.64. The summed E-state index contributed by atoms with van der Waals surface area (Å²) in [6.45, 7) is 15.6. The van der Waals surface area contributed by atoms with E-state index in [4.69, 9.17) is 9.97 Å². The van der Waals surface area contributed by atoms with Crippen LogP contribution in [0.15, 0.2) is 24.3 Å². The van der Waals surface area contributed by atoms with Crippen LogP contribution in [0.4, 0.5) is 5.82 Å². The SMILES string of the molecule is Cc1cccc(Cc2c(C)nc(C(C)C)nc2N2CCN(C(=O)C(C)C)CC2)c1. The van der Waals surface area contributed by atoms with Crippen molar-refractivity contribution in [1.82, 2.24) is 14.9 Å². The number of rotatable bonds is 5. The first kappa shape index (κ1) is 21.3. The second kappa shape index (κ2) is 8.93. The number of hydrogen-bond acceptors (Lipinski definition) is 4. The van der Waals surface area contributed by atoms with Crippen LogP contribution >= 0.6 is 0 Å². The number of piperazine rings is 1. The molecule has 29 heavy (non-hydrogen) atoms. The molecule has 0 atom stereocenters. The molecule has 0 spiro atoms. The van der Waals surface area contributed by atoms with Crippen LogP contribution < -0.4 is 4.90 Å². The van der Waals surface area contributed by atoms with Gasteiger partial charge in [-0.05, 0) is 19.4 Å². The molecule has 1 saturated heterocycles. The predicted octanol–water partition coefficient (Wildman–Crippen LogP) is 4.11. The highest BCUT2D eigenvalue weighted by molar-refractivity contribution is 5.78. The van der Waals surface area contributed by atoms with E-state index in [0.717, 1.165) is 49.9 Å². The minimum Gasteiger partial charge on any atom is -0.353 e. The molecule has 1 aromatic heterocycles. The Morgan fingerprint density at radius 2 is 1.72 bits per heavy atom. The molecule has 0 aliphatic carbocycles. The maximum Gasteiger partial charge on any atom is 0.225 e. The second-order valence-electron chi connectivity index (χ2n) is 8.76. The lowest BCUT2D eigenvalue weighted by atomic mass is 10.0. The van der Waals surface area contributed by atoms with Crippen LogP contribution in [0.1, 0.15) is 61.8 Å². The third-order valence-electron chi connectivity index (χ3n) is 5.57. The fourth-order valence-electron chi connectivity index (χ4n) is 3.86. The van der Waals surface area contributed by atoms with E-state index >= 15 is 0 Å². The summed E-state index contributed by atoms with van der Waals surface area (Å²) in [4.78, 5) is 26.5. The first-order valence-electron chi connectivity index (χ1n) is 10.7. The molecule has 5 heteroatoms. The maximum absolute atomic E-state index is 12.4. The topological polar surface area (TPSA) is 49.3 Å². The van der Waals surface area contributed by atoms with Gasteiger partial charge in [-0.25, -0.2) is 9.97 Å². The molecular weight excluding hydrogens is 360 g/mol. The van der Waals surface area contributed by atoms with E-state index in [1.54, 1.807) is 0 Å². The van der Waals surface area contributed by atoms with Gasteiger partial charge in [0.05, 0.1) is 0 Å². The van der Waals surface area contributed by atoms with Crippen LogP contribution in [0.5, 0.6) is 0 Å². The Morgan fingerprint density at radius 1 is 1.03 bits per heavy atom. The van der Waals surface area contributed by atoms with Gasteiger partial charge in [-0.3, -0.25) is 4.79 Å². The van der Waals surface area contributed by atoms with Crippen molar-refractivity contribution in [2.45, 2.75) is 53.9 Å². The summed E-state index contributed by atoms with van der Waals surface area (Å²) in [7, 11) is 0. The number of benzene rings is 1. The highest BCUT2D eigenvalue weighted by Gasteiger charge is 2.26. The van der Waals surface area contributed by atoms with Gasteiger partial charge in [0.1, 0.15) is 11.6 Å². The van der Waals surface area contributed by atoms with Gasteiger partial charge >= 0.3 is 0 Å². The average molecular weight is 395 g/mol. The second-order valence-corrected chi connectivity index (χ2v) is 8.76. The molecule has 0 radical (unpaired) electrons. The van der Waals surface area contributed by atoms with E-state index in [-0.39, 0.29) is 17.7 Å². The third-order valence-corrected chi connectivity index (χ3v) is 5.57. The summed E-state index contributed by atoms with van der Waals surface area (Å²) in [5, 5.41) is 0. The molecule has 3 rings (SSSR count). The summed E-state index contributed by atoms with van der Waals surface area (Å²) in [6.07, 6.45) is 0.826. The molecule has 2 aromatic rings. The van der Waals surface area contributed by atoms with E-state index in [0.29, 0.717) is 0 Å². The van der Waals surface area contributed by atoms with Crippen LogP contribution in [-0.2, 0) is 11.2 Å². The van der Waals surface area contributed by atoms with Crippen LogP contribution in [0.2, 0.25) is 0 Å². The molecule has 156 valence electrons. The van der Waals surface area contributed by atoms with Crippen molar-refractivity contribution in [2.75, 3.05) is 31.1 Å². The quantitative estimate of drug-likeness (QED) is 0.766. The summed E-state index contributed by atoms with van der Waals surface area (Å²) < 4.78 is 0. The number of hydrogen-bond donors (Lipinski definition) is 0. The number of nitrogens with zero attached hydrogens (tertiary/aromatic N) is 4. The fourth-order valence-corrected chi connectivity index (χ4v) is 3.86. The number of carbonyl (C=O) groups excluding carboxylic acids is 1. The van der Waals surface area contributed by atoms with Gasteiger partial charge in [0.25, 0.3) is 0 Å². The number of carbonyl (C=O) groups is 1. The van der Waals surface area contributed by atoms with E-state index in [1.165, 1.54) is 16.7 Å². The first-order chi connectivity index (χ1) is 13.8. The van der Waals surface area contributed by atoms with Gasteiger partial charge in [-0.2, -0.15) is 0 Å². The van der Waals surface area contributed by atoms with E-state index in [1.807, 2.05) is 18.7 Å². The fraction of sp³-hybridized carbons (Fsp3) is 0.542. The number of aryl methyl sites for hydroxylation is 2. The molecule has 2 heterocycles. The van der Waals surface area contributed by atoms with Crippen molar-refractivity contribution in [3.05, 3.63) is 52.5 Å². The van der Waals surface area contributed by atoms with Crippen molar-refractivity contribution in [2.24, 2.45) is 5.92 Å². The Bertz CT molecular complexity index is 867. The predicted molar refractivity (Wildman–Crippen MR) is 118 cm³/mol. The Morgan fingerprint density at radius 3 is 2.31 bits per heavy atom. The number of aromatic nitrogens is 2. The lowest BCUT2D eigenvalue weighted by Crippen LogP contribution is -2.50. The van der Waals surface area contributed by atoms with Crippen molar-refractivity contribution in [3.8, 4) is 0 Å². The molecule has 1 amide bonds. The highest BCUT2D eigenvalue weighted by atomic mass is 16.2. The number of amides is 1. The molecule has 0 N–H and O–H groups in total. The molecule has 1 aliphatic heterocycles. The summed E-state index contributed by atoms with van der Waals surface area (Å²) in [5.41, 5.74) is 4.80. The van der Waals surface area contributed by atoms with Gasteiger partial charge in [-0.15, -0.1) is 0 Å². The zero-order valence-corrected chi connectivity index (χ0v) is 18.7. The van der Waals surface area contributed by atoms with Crippen LogP contribution in [0, 0.1) is 19.8 Å². The molecule has 1 aliphatic rings. The minimum absolute atomic E-state index is 0.0484. The van der Waals surface area contributed by atoms with Gasteiger partial charge in [0, 0.05) is 55.7 Å². The van der Waals surface area contributed by atoms with Gasteiger partial charge < -0.3 is 9.80 Å². The average Bonchev–Trinajstić information content (AvgIpc) is 2.68. The monoisotopic (exact) mass is 394 g/mol. The molecular formula is C24H34N4O. The van der Waals surface area contributed by atoms with Gasteiger partial charge in [0.15, 0.2) is 0 Å². The maximum atomic E-state index is 12.4. The Kier molecular flexibility index (Phi) is 6.56. The minimum atomic E-state index is 0.0484. The lowest BCUT2D eigenvalue weighted by molar-refractivity contribution is -0.134. The van der Waals surface area contributed by atoms with Crippen molar-refractivity contribution >= 4 is 11.7 Å². The van der Waals surface area contributed by atoms with Crippen LogP contribution in [-0.4, -0.2) is 47.0 Å². The van der Waals surface area contributed by atoms with Gasteiger partial charge in [-0.1, -0.05) is 57.5 Å². The Labute approximate surface area is 175 Å². The molecule has 1 aromatic carbocycles. The molecule has 5 nitrogen and oxygen atoms in total. The van der Waals surface area contributed by atoms with Crippen molar-refractivity contribution < 1.29 is 4.79 Å².